The zero-order chi connectivity index (χ0) is 14.3. The number of thioether (sulfide) groups is 1. The second-order valence-corrected chi connectivity index (χ2v) is 6.69. The molecule has 0 radical (unpaired) electrons. The first-order chi connectivity index (χ1) is 9.58. The largest absolute Gasteiger partial charge is 0.480 e. The summed E-state index contributed by atoms with van der Waals surface area (Å²) in [5.74, 6) is -0.617. The number of carbonyl (C=O) groups is 2. The van der Waals surface area contributed by atoms with Crippen molar-refractivity contribution in [3.63, 3.8) is 0 Å². The zero-order valence-corrected chi connectivity index (χ0v) is 12.2. The van der Waals surface area contributed by atoms with E-state index in [0.717, 1.165) is 19.3 Å². The second kappa shape index (κ2) is 5.13. The van der Waals surface area contributed by atoms with Crippen LogP contribution in [-0.2, 0) is 17.6 Å². The molecular formula is C15H17NO3S. The lowest BCUT2D eigenvalue weighted by Crippen LogP contribution is -2.44. The van der Waals surface area contributed by atoms with E-state index in [1.807, 2.05) is 25.1 Å². The summed E-state index contributed by atoms with van der Waals surface area (Å²) in [4.78, 5) is 25.4. The predicted molar refractivity (Wildman–Crippen MR) is 78.0 cm³/mol. The third kappa shape index (κ3) is 2.20. The van der Waals surface area contributed by atoms with E-state index >= 15 is 0 Å². The Morgan fingerprint density at radius 1 is 1.30 bits per heavy atom. The van der Waals surface area contributed by atoms with Crippen LogP contribution >= 0.6 is 11.8 Å². The van der Waals surface area contributed by atoms with Crippen LogP contribution in [0, 0.1) is 0 Å². The summed E-state index contributed by atoms with van der Waals surface area (Å²) < 4.78 is 0. The van der Waals surface area contributed by atoms with Crippen LogP contribution in [0.25, 0.3) is 0 Å². The molecule has 2 unspecified atom stereocenters. The molecule has 1 fully saturated rings. The summed E-state index contributed by atoms with van der Waals surface area (Å²) in [6, 6.07) is 5.08. The third-order valence-corrected chi connectivity index (χ3v) is 5.31. The molecule has 0 bridgehead atoms. The van der Waals surface area contributed by atoms with Crippen LogP contribution in [0.1, 0.15) is 34.8 Å². The molecule has 1 saturated heterocycles. The van der Waals surface area contributed by atoms with Gasteiger partial charge in [-0.2, -0.15) is 0 Å². The van der Waals surface area contributed by atoms with E-state index < -0.39 is 12.0 Å². The number of aryl methyl sites for hydroxylation is 2. The van der Waals surface area contributed by atoms with Gasteiger partial charge in [0.05, 0.1) is 5.37 Å². The fourth-order valence-electron chi connectivity index (χ4n) is 3.00. The van der Waals surface area contributed by atoms with Gasteiger partial charge in [-0.25, -0.2) is 4.79 Å². The molecular weight excluding hydrogens is 274 g/mol. The van der Waals surface area contributed by atoms with Gasteiger partial charge in [0.2, 0.25) is 0 Å². The van der Waals surface area contributed by atoms with Crippen LogP contribution in [-0.4, -0.2) is 39.1 Å². The van der Waals surface area contributed by atoms with Gasteiger partial charge in [0.1, 0.15) is 6.04 Å². The van der Waals surface area contributed by atoms with E-state index in [1.54, 1.807) is 0 Å². The molecule has 0 spiro atoms. The SMILES string of the molecule is CC1SCC(C(=O)O)N1C(=O)c1ccc2c(c1)CCC2. The van der Waals surface area contributed by atoms with Crippen LogP contribution in [0.3, 0.4) is 0 Å². The molecule has 1 N–H and O–H groups in total. The number of amides is 1. The predicted octanol–water partition coefficient (Wildman–Crippen LogP) is 2.16. The Morgan fingerprint density at radius 2 is 2.05 bits per heavy atom. The molecule has 1 heterocycles. The number of hydrogen-bond donors (Lipinski definition) is 1. The molecule has 1 aromatic carbocycles. The highest BCUT2D eigenvalue weighted by Gasteiger charge is 2.39. The molecule has 2 aliphatic rings. The Kier molecular flexibility index (Phi) is 3.46. The molecule has 3 rings (SSSR count). The molecule has 4 nitrogen and oxygen atoms in total. The van der Waals surface area contributed by atoms with Crippen LogP contribution in [0.5, 0.6) is 0 Å². The molecule has 5 heteroatoms. The number of carboxylic acid groups (broad SMARTS) is 1. The van der Waals surface area contributed by atoms with Crippen LogP contribution in [0.2, 0.25) is 0 Å². The average molecular weight is 291 g/mol. The zero-order valence-electron chi connectivity index (χ0n) is 11.3. The van der Waals surface area contributed by atoms with E-state index in [-0.39, 0.29) is 11.3 Å². The van der Waals surface area contributed by atoms with Crippen LogP contribution in [0.4, 0.5) is 0 Å². The van der Waals surface area contributed by atoms with Crippen LogP contribution in [0.15, 0.2) is 18.2 Å². The normalized spacial score (nSPS) is 24.8. The van der Waals surface area contributed by atoms with Gasteiger partial charge in [-0.1, -0.05) is 6.07 Å². The topological polar surface area (TPSA) is 57.6 Å². The van der Waals surface area contributed by atoms with Crippen molar-refractivity contribution in [1.82, 2.24) is 4.90 Å². The minimum Gasteiger partial charge on any atom is -0.480 e. The Morgan fingerprint density at radius 3 is 2.80 bits per heavy atom. The van der Waals surface area contributed by atoms with Gasteiger partial charge < -0.3 is 10.0 Å². The van der Waals surface area contributed by atoms with E-state index in [2.05, 4.69) is 0 Å². The van der Waals surface area contributed by atoms with Gasteiger partial charge in [0, 0.05) is 11.3 Å². The Balaban J connectivity index is 1.89. The van der Waals surface area contributed by atoms with E-state index in [1.165, 1.54) is 27.8 Å². The van der Waals surface area contributed by atoms with Gasteiger partial charge >= 0.3 is 5.97 Å². The molecule has 1 aromatic rings. The maximum Gasteiger partial charge on any atom is 0.327 e. The number of hydrogen-bond acceptors (Lipinski definition) is 3. The highest BCUT2D eigenvalue weighted by molar-refractivity contribution is 8.00. The van der Waals surface area contributed by atoms with Crippen molar-refractivity contribution < 1.29 is 14.7 Å². The Hall–Kier alpha value is -1.49. The standard InChI is InChI=1S/C15H17NO3S/c1-9-16(13(8-20-9)15(18)19)14(17)12-6-5-10-3-2-4-11(10)7-12/h5-7,9,13H,2-4,8H2,1H3,(H,18,19). The Bertz CT molecular complexity index is 572. The quantitative estimate of drug-likeness (QED) is 0.907. The van der Waals surface area contributed by atoms with Crippen molar-refractivity contribution in [3.05, 3.63) is 34.9 Å². The maximum atomic E-state index is 12.6. The highest BCUT2D eigenvalue weighted by Crippen LogP contribution is 2.31. The second-order valence-electron chi connectivity index (χ2n) is 5.34. The minimum absolute atomic E-state index is 0.0862. The van der Waals surface area contributed by atoms with Gasteiger partial charge in [0.25, 0.3) is 5.91 Å². The summed E-state index contributed by atoms with van der Waals surface area (Å²) in [6.07, 6.45) is 3.24. The smallest absolute Gasteiger partial charge is 0.327 e. The lowest BCUT2D eigenvalue weighted by atomic mass is 10.0. The first kappa shape index (κ1) is 13.5. The van der Waals surface area contributed by atoms with Crippen molar-refractivity contribution in [1.29, 1.82) is 0 Å². The number of nitrogens with zero attached hydrogens (tertiary/aromatic N) is 1. The number of carboxylic acids is 1. The summed E-state index contributed by atoms with van der Waals surface area (Å²) in [5.41, 5.74) is 3.17. The van der Waals surface area contributed by atoms with Crippen LogP contribution < -0.4 is 0 Å². The summed E-state index contributed by atoms with van der Waals surface area (Å²) in [7, 11) is 0. The average Bonchev–Trinajstić information content (AvgIpc) is 3.03. The molecule has 1 amide bonds. The van der Waals surface area contributed by atoms with Crippen molar-refractivity contribution >= 4 is 23.6 Å². The number of benzene rings is 1. The molecule has 1 aliphatic carbocycles. The first-order valence-corrected chi connectivity index (χ1v) is 7.91. The first-order valence-electron chi connectivity index (χ1n) is 6.87. The number of fused-ring (bicyclic) bond motifs is 1. The molecule has 1 aliphatic heterocycles. The summed E-state index contributed by atoms with van der Waals surface area (Å²) in [6.45, 7) is 1.89. The monoisotopic (exact) mass is 291 g/mol. The van der Waals surface area contributed by atoms with Crippen molar-refractivity contribution in [2.75, 3.05) is 5.75 Å². The Labute approximate surface area is 122 Å². The van der Waals surface area contributed by atoms with Crippen molar-refractivity contribution in [2.24, 2.45) is 0 Å². The van der Waals surface area contributed by atoms with Gasteiger partial charge in [-0.15, -0.1) is 11.8 Å². The number of rotatable bonds is 2. The van der Waals surface area contributed by atoms with Gasteiger partial charge in [-0.3, -0.25) is 4.79 Å². The van der Waals surface area contributed by atoms with E-state index in [9.17, 15) is 14.7 Å². The van der Waals surface area contributed by atoms with E-state index in [0.29, 0.717) is 11.3 Å². The minimum atomic E-state index is -0.920. The lowest BCUT2D eigenvalue weighted by Gasteiger charge is -2.25. The fraction of sp³-hybridized carbons (Fsp3) is 0.467. The highest BCUT2D eigenvalue weighted by atomic mass is 32.2. The maximum absolute atomic E-state index is 12.6. The van der Waals surface area contributed by atoms with Crippen molar-refractivity contribution in [3.8, 4) is 0 Å². The summed E-state index contributed by atoms with van der Waals surface area (Å²) in [5, 5.41) is 9.16. The van der Waals surface area contributed by atoms with E-state index in [4.69, 9.17) is 0 Å². The van der Waals surface area contributed by atoms with Gasteiger partial charge in [-0.05, 0) is 49.4 Å². The number of carbonyl (C=O) groups excluding carboxylic acids is 1. The van der Waals surface area contributed by atoms with Crippen molar-refractivity contribution in [2.45, 2.75) is 37.6 Å². The molecule has 0 aromatic heterocycles. The van der Waals surface area contributed by atoms with Gasteiger partial charge in [0.15, 0.2) is 0 Å². The third-order valence-electron chi connectivity index (χ3n) is 4.09. The molecule has 0 saturated carbocycles. The number of aliphatic carboxylic acids is 1. The lowest BCUT2D eigenvalue weighted by molar-refractivity contribution is -0.141. The molecule has 106 valence electrons. The molecule has 20 heavy (non-hydrogen) atoms. The summed E-state index contributed by atoms with van der Waals surface area (Å²) >= 11 is 1.51. The molecule has 2 atom stereocenters. The fourth-order valence-corrected chi connectivity index (χ4v) is 4.16.